The number of benzene rings is 1. The second-order valence-electron chi connectivity index (χ2n) is 5.56. The fraction of sp³-hybridized carbons (Fsp3) is 0.462. The minimum absolute atomic E-state index is 0.0104. The zero-order valence-electron chi connectivity index (χ0n) is 11.9. The van der Waals surface area contributed by atoms with Crippen LogP contribution in [0.25, 0.3) is 0 Å². The van der Waals surface area contributed by atoms with E-state index in [0.717, 1.165) is 0 Å². The third-order valence-corrected chi connectivity index (χ3v) is 5.18. The third kappa shape index (κ3) is 3.14. The van der Waals surface area contributed by atoms with Gasteiger partial charge in [-0.1, -0.05) is 25.4 Å². The van der Waals surface area contributed by atoms with E-state index in [1.807, 2.05) is 13.8 Å². The van der Waals surface area contributed by atoms with Crippen LogP contribution >= 0.6 is 11.6 Å². The van der Waals surface area contributed by atoms with Crippen LogP contribution in [0.3, 0.4) is 0 Å². The second kappa shape index (κ2) is 5.47. The summed E-state index contributed by atoms with van der Waals surface area (Å²) in [5.74, 6) is 0.0535. The molecule has 1 heterocycles. The van der Waals surface area contributed by atoms with Crippen LogP contribution in [0.4, 0.5) is 0 Å². The maximum atomic E-state index is 12.4. The van der Waals surface area contributed by atoms with Gasteiger partial charge < -0.3 is 10.1 Å². The first-order chi connectivity index (χ1) is 9.67. The monoisotopic (exact) mass is 332 g/mol. The van der Waals surface area contributed by atoms with Crippen molar-refractivity contribution in [2.24, 2.45) is 5.41 Å². The van der Waals surface area contributed by atoms with Gasteiger partial charge in [-0.3, -0.25) is 4.79 Å². The number of methoxy groups -OCH3 is 1. The molecule has 6 nitrogen and oxygen atoms in total. The van der Waals surface area contributed by atoms with E-state index < -0.39 is 21.5 Å². The summed E-state index contributed by atoms with van der Waals surface area (Å²) in [6.07, 6.45) is 0. The zero-order valence-corrected chi connectivity index (χ0v) is 13.5. The maximum Gasteiger partial charge on any atom is 0.241 e. The standard InChI is InChI=1S/C13H17ClN2O4S/c1-13(2)7-15-12(17)11(13)16-21(18,19)8-4-5-10(20-3)9(14)6-8/h4-6,11,16H,7H2,1-3H3,(H,15,17). The molecule has 0 aliphatic carbocycles. The summed E-state index contributed by atoms with van der Waals surface area (Å²) in [4.78, 5) is 11.8. The molecule has 1 aromatic carbocycles. The maximum absolute atomic E-state index is 12.4. The quantitative estimate of drug-likeness (QED) is 0.866. The molecule has 2 rings (SSSR count). The Hall–Kier alpha value is -1.31. The Kier molecular flexibility index (Phi) is 4.19. The van der Waals surface area contributed by atoms with Crippen LogP contribution in [0.5, 0.6) is 5.75 Å². The molecular weight excluding hydrogens is 316 g/mol. The van der Waals surface area contributed by atoms with E-state index in [1.54, 1.807) is 0 Å². The molecule has 0 bridgehead atoms. The van der Waals surface area contributed by atoms with Crippen LogP contribution < -0.4 is 14.8 Å². The van der Waals surface area contributed by atoms with Crippen molar-refractivity contribution in [3.8, 4) is 5.75 Å². The molecule has 1 fully saturated rings. The third-order valence-electron chi connectivity index (χ3n) is 3.47. The molecule has 0 saturated carbocycles. The van der Waals surface area contributed by atoms with Crippen molar-refractivity contribution in [2.45, 2.75) is 24.8 Å². The van der Waals surface area contributed by atoms with Gasteiger partial charge in [0.05, 0.1) is 17.0 Å². The van der Waals surface area contributed by atoms with Gasteiger partial charge in [-0.25, -0.2) is 8.42 Å². The average Bonchev–Trinajstić information content (AvgIpc) is 2.65. The van der Waals surface area contributed by atoms with Crippen molar-refractivity contribution in [3.63, 3.8) is 0 Å². The van der Waals surface area contributed by atoms with Crippen LogP contribution in [0.15, 0.2) is 23.1 Å². The topological polar surface area (TPSA) is 84.5 Å². The molecule has 1 aliphatic rings. The Bertz CT molecular complexity index is 673. The molecule has 21 heavy (non-hydrogen) atoms. The molecule has 8 heteroatoms. The smallest absolute Gasteiger partial charge is 0.241 e. The van der Waals surface area contributed by atoms with Crippen LogP contribution in [-0.4, -0.2) is 34.0 Å². The van der Waals surface area contributed by atoms with Crippen LogP contribution in [0.2, 0.25) is 5.02 Å². The minimum atomic E-state index is -3.85. The molecular formula is C13H17ClN2O4S. The lowest BCUT2D eigenvalue weighted by Crippen LogP contribution is -2.46. The van der Waals surface area contributed by atoms with Crippen molar-refractivity contribution in [2.75, 3.05) is 13.7 Å². The van der Waals surface area contributed by atoms with Crippen molar-refractivity contribution in [1.29, 1.82) is 0 Å². The number of ether oxygens (including phenoxy) is 1. The number of hydrogen-bond donors (Lipinski definition) is 2. The predicted molar refractivity (Wildman–Crippen MR) is 78.9 cm³/mol. The highest BCUT2D eigenvalue weighted by Crippen LogP contribution is 2.29. The fourth-order valence-electron chi connectivity index (χ4n) is 2.12. The van der Waals surface area contributed by atoms with Gasteiger partial charge >= 0.3 is 0 Å². The Morgan fingerprint density at radius 3 is 2.57 bits per heavy atom. The molecule has 1 amide bonds. The van der Waals surface area contributed by atoms with Crippen molar-refractivity contribution < 1.29 is 17.9 Å². The molecule has 1 aliphatic heterocycles. The van der Waals surface area contributed by atoms with E-state index in [4.69, 9.17) is 16.3 Å². The summed E-state index contributed by atoms with van der Waals surface area (Å²) in [6, 6.07) is 3.33. The van der Waals surface area contributed by atoms with Crippen LogP contribution in [0.1, 0.15) is 13.8 Å². The van der Waals surface area contributed by atoms with Crippen molar-refractivity contribution in [1.82, 2.24) is 10.0 Å². The fourth-order valence-corrected chi connectivity index (χ4v) is 3.84. The van der Waals surface area contributed by atoms with Gasteiger partial charge in [-0.15, -0.1) is 0 Å². The van der Waals surface area contributed by atoms with E-state index >= 15 is 0 Å². The van der Waals surface area contributed by atoms with Crippen molar-refractivity contribution >= 4 is 27.5 Å². The lowest BCUT2D eigenvalue weighted by molar-refractivity contribution is -0.121. The summed E-state index contributed by atoms with van der Waals surface area (Å²) in [6.45, 7) is 4.06. The minimum Gasteiger partial charge on any atom is -0.495 e. The number of nitrogens with one attached hydrogen (secondary N) is 2. The normalized spacial score (nSPS) is 21.1. The lowest BCUT2D eigenvalue weighted by atomic mass is 9.88. The Balaban J connectivity index is 2.31. The first-order valence-electron chi connectivity index (χ1n) is 6.31. The summed E-state index contributed by atoms with van der Waals surface area (Å²) in [7, 11) is -2.40. The SMILES string of the molecule is COc1ccc(S(=O)(=O)NC2C(=O)NCC2(C)C)cc1Cl. The molecule has 2 N–H and O–H groups in total. The number of sulfonamides is 1. The van der Waals surface area contributed by atoms with Gasteiger partial charge in [0, 0.05) is 12.0 Å². The van der Waals surface area contributed by atoms with Crippen LogP contribution in [0, 0.1) is 5.41 Å². The summed E-state index contributed by atoms with van der Waals surface area (Å²) < 4.78 is 32.2. The average molecular weight is 333 g/mol. The Labute approximate surface area is 128 Å². The first-order valence-corrected chi connectivity index (χ1v) is 8.17. The first kappa shape index (κ1) is 16.1. The number of rotatable bonds is 4. The predicted octanol–water partition coefficient (Wildman–Crippen LogP) is 1.15. The van der Waals surface area contributed by atoms with Gasteiger partial charge in [0.15, 0.2) is 0 Å². The number of amides is 1. The highest BCUT2D eigenvalue weighted by molar-refractivity contribution is 7.89. The molecule has 0 spiro atoms. The molecule has 1 atom stereocenters. The Morgan fingerprint density at radius 1 is 1.43 bits per heavy atom. The second-order valence-corrected chi connectivity index (χ2v) is 7.68. The molecule has 1 aromatic rings. The number of hydrogen-bond acceptors (Lipinski definition) is 4. The summed E-state index contributed by atoms with van der Waals surface area (Å²) >= 11 is 5.94. The summed E-state index contributed by atoms with van der Waals surface area (Å²) in [5, 5.41) is 2.84. The lowest BCUT2D eigenvalue weighted by Gasteiger charge is -2.24. The van der Waals surface area contributed by atoms with E-state index in [1.165, 1.54) is 25.3 Å². The van der Waals surface area contributed by atoms with Gasteiger partial charge in [0.2, 0.25) is 15.9 Å². The van der Waals surface area contributed by atoms with E-state index in [-0.39, 0.29) is 15.8 Å². The molecule has 0 aromatic heterocycles. The molecule has 116 valence electrons. The van der Waals surface area contributed by atoms with E-state index in [9.17, 15) is 13.2 Å². The molecule has 1 unspecified atom stereocenters. The highest BCUT2D eigenvalue weighted by atomic mass is 35.5. The number of halogens is 1. The molecule has 0 radical (unpaired) electrons. The summed E-state index contributed by atoms with van der Waals surface area (Å²) in [5.41, 5.74) is -0.500. The Morgan fingerprint density at radius 2 is 2.10 bits per heavy atom. The van der Waals surface area contributed by atoms with Crippen molar-refractivity contribution in [3.05, 3.63) is 23.2 Å². The van der Waals surface area contributed by atoms with Gasteiger partial charge in [0.25, 0.3) is 0 Å². The molecule has 1 saturated heterocycles. The van der Waals surface area contributed by atoms with Crippen LogP contribution in [-0.2, 0) is 14.8 Å². The number of carbonyl (C=O) groups is 1. The largest absolute Gasteiger partial charge is 0.495 e. The zero-order chi connectivity index (χ0) is 15.8. The number of carbonyl (C=O) groups excluding carboxylic acids is 1. The van der Waals surface area contributed by atoms with Gasteiger partial charge in [-0.05, 0) is 18.2 Å². The van der Waals surface area contributed by atoms with E-state index in [0.29, 0.717) is 12.3 Å². The van der Waals surface area contributed by atoms with E-state index in [2.05, 4.69) is 10.0 Å². The highest BCUT2D eigenvalue weighted by Gasteiger charge is 2.43. The van der Waals surface area contributed by atoms with Gasteiger partial charge in [-0.2, -0.15) is 4.72 Å². The van der Waals surface area contributed by atoms with Gasteiger partial charge in [0.1, 0.15) is 11.8 Å².